The van der Waals surface area contributed by atoms with Crippen LogP contribution < -0.4 is 11.5 Å². The molecule has 92 valence electrons. The van der Waals surface area contributed by atoms with Crippen LogP contribution in [0.3, 0.4) is 0 Å². The third-order valence-electron chi connectivity index (χ3n) is 3.99. The summed E-state index contributed by atoms with van der Waals surface area (Å²) in [7, 11) is 0. The Bertz CT molecular complexity index is 860. The largest absolute Gasteiger partial charge is 0.397 e. The zero-order chi connectivity index (χ0) is 13.0. The molecule has 4 rings (SSSR count). The van der Waals surface area contributed by atoms with Gasteiger partial charge in [0, 0.05) is 0 Å². The molecule has 1 aliphatic rings. The van der Waals surface area contributed by atoms with Crippen LogP contribution in [-0.2, 0) is 6.42 Å². The van der Waals surface area contributed by atoms with Crippen LogP contribution >= 0.6 is 0 Å². The summed E-state index contributed by atoms with van der Waals surface area (Å²) < 4.78 is 0. The summed E-state index contributed by atoms with van der Waals surface area (Å²) in [4.78, 5) is 0. The Balaban J connectivity index is 2.18. The Morgan fingerprint density at radius 1 is 0.789 bits per heavy atom. The Morgan fingerprint density at radius 2 is 1.58 bits per heavy atom. The van der Waals surface area contributed by atoms with E-state index in [0.29, 0.717) is 11.4 Å². The van der Waals surface area contributed by atoms with Gasteiger partial charge in [-0.2, -0.15) is 0 Å². The number of anilines is 2. The van der Waals surface area contributed by atoms with Gasteiger partial charge < -0.3 is 11.5 Å². The minimum Gasteiger partial charge on any atom is -0.397 e. The van der Waals surface area contributed by atoms with E-state index in [1.54, 1.807) is 0 Å². The Morgan fingerprint density at radius 3 is 2.47 bits per heavy atom. The number of benzene rings is 3. The maximum absolute atomic E-state index is 5.95. The SMILES string of the molecule is Nc1cc2ccc3c4c(ccc3c2cc1N)C=CC4. The molecule has 3 aromatic carbocycles. The van der Waals surface area contributed by atoms with Crippen LogP contribution in [0.1, 0.15) is 11.1 Å². The highest BCUT2D eigenvalue weighted by Crippen LogP contribution is 2.35. The molecule has 3 aromatic rings. The van der Waals surface area contributed by atoms with E-state index >= 15 is 0 Å². The van der Waals surface area contributed by atoms with Gasteiger partial charge in [0.15, 0.2) is 0 Å². The van der Waals surface area contributed by atoms with Gasteiger partial charge in [0.25, 0.3) is 0 Å². The molecule has 0 aromatic heterocycles. The van der Waals surface area contributed by atoms with E-state index in [0.717, 1.165) is 11.8 Å². The molecule has 0 unspecified atom stereocenters. The molecule has 0 atom stereocenters. The number of allylic oxidation sites excluding steroid dienone is 1. The van der Waals surface area contributed by atoms with Gasteiger partial charge in [0.2, 0.25) is 0 Å². The molecule has 0 fully saturated rings. The normalized spacial score (nSPS) is 13.3. The van der Waals surface area contributed by atoms with E-state index in [4.69, 9.17) is 11.5 Å². The Kier molecular flexibility index (Phi) is 1.93. The molecule has 0 saturated carbocycles. The van der Waals surface area contributed by atoms with Crippen molar-refractivity contribution in [3.63, 3.8) is 0 Å². The summed E-state index contributed by atoms with van der Waals surface area (Å²) in [5.41, 5.74) is 15.9. The monoisotopic (exact) mass is 246 g/mol. The van der Waals surface area contributed by atoms with Crippen molar-refractivity contribution in [3.05, 3.63) is 53.6 Å². The van der Waals surface area contributed by atoms with Crippen molar-refractivity contribution < 1.29 is 0 Å². The molecule has 2 nitrogen and oxygen atoms in total. The number of rotatable bonds is 0. The third kappa shape index (κ3) is 1.37. The van der Waals surface area contributed by atoms with E-state index in [-0.39, 0.29) is 0 Å². The lowest BCUT2D eigenvalue weighted by Gasteiger charge is -2.10. The zero-order valence-electron chi connectivity index (χ0n) is 10.5. The van der Waals surface area contributed by atoms with Crippen molar-refractivity contribution in [1.29, 1.82) is 0 Å². The van der Waals surface area contributed by atoms with E-state index < -0.39 is 0 Å². The van der Waals surface area contributed by atoms with Crippen molar-refractivity contribution >= 4 is 39.0 Å². The second-order valence-electron chi connectivity index (χ2n) is 5.10. The summed E-state index contributed by atoms with van der Waals surface area (Å²) in [6, 6.07) is 12.6. The predicted octanol–water partition coefficient (Wildman–Crippen LogP) is 3.73. The van der Waals surface area contributed by atoms with Gasteiger partial charge in [-0.1, -0.05) is 36.4 Å². The molecule has 2 heteroatoms. The first kappa shape index (κ1) is 10.4. The fourth-order valence-corrected chi connectivity index (χ4v) is 2.99. The number of hydrogen-bond donors (Lipinski definition) is 2. The van der Waals surface area contributed by atoms with E-state index in [1.807, 2.05) is 12.1 Å². The second kappa shape index (κ2) is 3.51. The molecule has 19 heavy (non-hydrogen) atoms. The molecule has 0 radical (unpaired) electrons. The third-order valence-corrected chi connectivity index (χ3v) is 3.99. The highest BCUT2D eigenvalue weighted by molar-refractivity contribution is 6.11. The molecule has 0 saturated heterocycles. The van der Waals surface area contributed by atoms with Crippen LogP contribution in [0.4, 0.5) is 11.4 Å². The summed E-state index contributed by atoms with van der Waals surface area (Å²) in [5.74, 6) is 0. The van der Waals surface area contributed by atoms with E-state index in [1.165, 1.54) is 27.3 Å². The molecular weight excluding hydrogens is 232 g/mol. The summed E-state index contributed by atoms with van der Waals surface area (Å²) in [6.45, 7) is 0. The van der Waals surface area contributed by atoms with Gasteiger partial charge in [0.05, 0.1) is 11.4 Å². The molecule has 1 aliphatic carbocycles. The second-order valence-corrected chi connectivity index (χ2v) is 5.10. The molecule has 0 amide bonds. The Hall–Kier alpha value is -2.48. The standard InChI is InChI=1S/C17H14N2/c18-16-8-11-5-7-13-12-3-1-2-10(12)4-6-14(13)15(11)9-17(16)19/h1-2,4-9H,3,18-19H2. The van der Waals surface area contributed by atoms with Crippen molar-refractivity contribution in [1.82, 2.24) is 0 Å². The lowest BCUT2D eigenvalue weighted by Crippen LogP contribution is -1.94. The fraction of sp³-hybridized carbons (Fsp3) is 0.0588. The average Bonchev–Trinajstić information content (AvgIpc) is 2.88. The first-order valence-electron chi connectivity index (χ1n) is 6.44. The molecule has 0 heterocycles. The zero-order valence-corrected chi connectivity index (χ0v) is 10.5. The molecular formula is C17H14N2. The van der Waals surface area contributed by atoms with Gasteiger partial charge in [-0.25, -0.2) is 0 Å². The highest BCUT2D eigenvalue weighted by Gasteiger charge is 2.11. The highest BCUT2D eigenvalue weighted by atomic mass is 14.7. The van der Waals surface area contributed by atoms with Crippen LogP contribution in [0, 0.1) is 0 Å². The first-order chi connectivity index (χ1) is 9.24. The van der Waals surface area contributed by atoms with Gasteiger partial charge >= 0.3 is 0 Å². The minimum atomic E-state index is 0.648. The maximum atomic E-state index is 5.95. The van der Waals surface area contributed by atoms with E-state index in [9.17, 15) is 0 Å². The van der Waals surface area contributed by atoms with E-state index in [2.05, 4.69) is 36.4 Å². The van der Waals surface area contributed by atoms with Crippen LogP contribution in [0.25, 0.3) is 27.6 Å². The number of nitrogens with two attached hydrogens (primary N) is 2. The summed E-state index contributed by atoms with van der Waals surface area (Å²) in [6.07, 6.45) is 5.42. The Labute approximate surface area is 111 Å². The van der Waals surface area contributed by atoms with Crippen molar-refractivity contribution in [3.8, 4) is 0 Å². The summed E-state index contributed by atoms with van der Waals surface area (Å²) >= 11 is 0. The van der Waals surface area contributed by atoms with Gasteiger partial charge in [-0.05, 0) is 51.2 Å². The van der Waals surface area contributed by atoms with Crippen molar-refractivity contribution in [2.45, 2.75) is 6.42 Å². The predicted molar refractivity (Wildman–Crippen MR) is 83.0 cm³/mol. The smallest absolute Gasteiger partial charge is 0.0554 e. The first-order valence-corrected chi connectivity index (χ1v) is 6.44. The molecule has 0 bridgehead atoms. The van der Waals surface area contributed by atoms with Crippen molar-refractivity contribution in [2.24, 2.45) is 0 Å². The van der Waals surface area contributed by atoms with Gasteiger partial charge in [-0.15, -0.1) is 0 Å². The van der Waals surface area contributed by atoms with Gasteiger partial charge in [0.1, 0.15) is 0 Å². The fourth-order valence-electron chi connectivity index (χ4n) is 2.99. The maximum Gasteiger partial charge on any atom is 0.0554 e. The van der Waals surface area contributed by atoms with Crippen LogP contribution in [0.15, 0.2) is 42.5 Å². The van der Waals surface area contributed by atoms with Crippen LogP contribution in [-0.4, -0.2) is 0 Å². The molecule has 0 aliphatic heterocycles. The number of nitrogen functional groups attached to an aromatic ring is 2. The van der Waals surface area contributed by atoms with Crippen LogP contribution in [0.2, 0.25) is 0 Å². The lowest BCUT2D eigenvalue weighted by molar-refractivity contribution is 1.35. The van der Waals surface area contributed by atoms with Gasteiger partial charge in [-0.3, -0.25) is 0 Å². The quantitative estimate of drug-likeness (QED) is 0.469. The minimum absolute atomic E-state index is 0.648. The average molecular weight is 246 g/mol. The van der Waals surface area contributed by atoms with Crippen LogP contribution in [0.5, 0.6) is 0 Å². The van der Waals surface area contributed by atoms with Crippen molar-refractivity contribution in [2.75, 3.05) is 11.5 Å². The summed E-state index contributed by atoms with van der Waals surface area (Å²) in [5, 5.41) is 4.90. The lowest BCUT2D eigenvalue weighted by atomic mass is 9.95. The molecule has 0 spiro atoms. The topological polar surface area (TPSA) is 52.0 Å². The number of hydrogen-bond acceptors (Lipinski definition) is 2. The number of fused-ring (bicyclic) bond motifs is 5. The molecule has 4 N–H and O–H groups in total.